The van der Waals surface area contributed by atoms with Crippen molar-refractivity contribution in [3.8, 4) is 5.75 Å². The van der Waals surface area contributed by atoms with Gasteiger partial charge in [-0.15, -0.1) is 11.8 Å². The Balaban J connectivity index is 1.50. The largest absolute Gasteiger partial charge is 0.496 e. The molecule has 0 atom stereocenters. The van der Waals surface area contributed by atoms with Crippen LogP contribution in [-0.2, 0) is 16.2 Å². The fourth-order valence-electron chi connectivity index (χ4n) is 5.19. The van der Waals surface area contributed by atoms with E-state index in [-0.39, 0.29) is 23.7 Å². The monoisotopic (exact) mass is 592 g/mol. The molecule has 5 rings (SSSR count). The standard InChI is InChI=1S/C35H32N2O5S/c1-5-37-30-16-14-24(34(39)26-11-7-6-10-22(26)2)20-27(30)28-21-25(15-17-31(28)37)35(40)29(36-42-23(3)38)18-19-43-33-13-9-8-12-32(33)41-4/h6-17,20-21H,5,18-19H2,1-4H3. The number of Topliss-reactive ketones (excluding diaryl/α,β-unsaturated/α-hetero) is 1. The minimum Gasteiger partial charge on any atom is -0.496 e. The number of aromatic nitrogens is 1. The predicted molar refractivity (Wildman–Crippen MR) is 172 cm³/mol. The number of carbonyl (C=O) groups excluding carboxylic acids is 3. The van der Waals surface area contributed by atoms with Crippen molar-refractivity contribution < 1.29 is 24.0 Å². The predicted octanol–water partition coefficient (Wildman–Crippen LogP) is 7.65. The van der Waals surface area contributed by atoms with Gasteiger partial charge in [0.1, 0.15) is 11.5 Å². The van der Waals surface area contributed by atoms with Gasteiger partial charge in [0.2, 0.25) is 5.78 Å². The third-order valence-corrected chi connectivity index (χ3v) is 8.36. The normalized spacial score (nSPS) is 11.6. The van der Waals surface area contributed by atoms with Crippen LogP contribution in [0.2, 0.25) is 0 Å². The Morgan fingerprint density at radius 3 is 2.19 bits per heavy atom. The maximum Gasteiger partial charge on any atom is 0.331 e. The van der Waals surface area contributed by atoms with E-state index in [9.17, 15) is 14.4 Å². The molecule has 0 bridgehead atoms. The molecule has 1 aromatic heterocycles. The number of hydrogen-bond donors (Lipinski definition) is 0. The molecule has 1 heterocycles. The quantitative estimate of drug-likeness (QED) is 0.0515. The molecule has 0 unspecified atom stereocenters. The number of hydrogen-bond acceptors (Lipinski definition) is 7. The zero-order chi connectivity index (χ0) is 30.5. The third kappa shape index (κ3) is 6.24. The van der Waals surface area contributed by atoms with Gasteiger partial charge in [0.25, 0.3) is 0 Å². The molecule has 0 radical (unpaired) electrons. The first-order valence-electron chi connectivity index (χ1n) is 14.0. The molecule has 0 saturated carbocycles. The lowest BCUT2D eigenvalue weighted by Crippen LogP contribution is -2.16. The number of carbonyl (C=O) groups is 3. The summed E-state index contributed by atoms with van der Waals surface area (Å²) in [6, 6.07) is 26.4. The summed E-state index contributed by atoms with van der Waals surface area (Å²) in [6.07, 6.45) is 0.276. The number of ketones is 2. The Morgan fingerprint density at radius 1 is 0.860 bits per heavy atom. The van der Waals surface area contributed by atoms with Crippen LogP contribution in [0.25, 0.3) is 21.8 Å². The van der Waals surface area contributed by atoms with Crippen molar-refractivity contribution in [3.05, 3.63) is 107 Å². The first-order chi connectivity index (χ1) is 20.8. The molecule has 218 valence electrons. The second-order valence-electron chi connectivity index (χ2n) is 10.1. The summed E-state index contributed by atoms with van der Waals surface area (Å²) in [4.78, 5) is 44.6. The minimum absolute atomic E-state index is 0.0482. The first kappa shape index (κ1) is 29.8. The van der Waals surface area contributed by atoms with E-state index >= 15 is 0 Å². The summed E-state index contributed by atoms with van der Waals surface area (Å²) in [7, 11) is 1.61. The van der Waals surface area contributed by atoms with E-state index < -0.39 is 5.97 Å². The number of fused-ring (bicyclic) bond motifs is 3. The summed E-state index contributed by atoms with van der Waals surface area (Å²) in [6.45, 7) is 5.96. The van der Waals surface area contributed by atoms with Crippen molar-refractivity contribution in [2.75, 3.05) is 12.9 Å². The van der Waals surface area contributed by atoms with Gasteiger partial charge in [-0.2, -0.15) is 0 Å². The van der Waals surface area contributed by atoms with Gasteiger partial charge in [-0.05, 0) is 67.9 Å². The SMILES string of the molecule is CCn1c2ccc(C(=O)C(CCSc3ccccc3OC)=NOC(C)=O)cc2c2cc(C(=O)c3ccccc3C)ccc21. The molecule has 5 aromatic rings. The molecular weight excluding hydrogens is 560 g/mol. The molecule has 43 heavy (non-hydrogen) atoms. The second kappa shape index (κ2) is 13.1. The van der Waals surface area contributed by atoms with E-state index in [0.717, 1.165) is 44.6 Å². The number of methoxy groups -OCH3 is 1. The average molecular weight is 593 g/mol. The Labute approximate surface area is 254 Å². The van der Waals surface area contributed by atoms with Crippen LogP contribution in [-0.4, -0.2) is 40.7 Å². The number of rotatable bonds is 11. The molecule has 0 aliphatic carbocycles. The molecule has 7 nitrogen and oxygen atoms in total. The van der Waals surface area contributed by atoms with E-state index in [0.29, 0.717) is 22.4 Å². The third-order valence-electron chi connectivity index (χ3n) is 7.31. The van der Waals surface area contributed by atoms with Gasteiger partial charge in [-0.25, -0.2) is 4.79 Å². The number of nitrogens with zero attached hydrogens (tertiary/aromatic N) is 2. The fourth-order valence-corrected chi connectivity index (χ4v) is 6.18. The van der Waals surface area contributed by atoms with E-state index in [1.54, 1.807) is 13.2 Å². The number of aryl methyl sites for hydroxylation is 2. The van der Waals surface area contributed by atoms with Crippen LogP contribution in [0.1, 0.15) is 52.1 Å². The van der Waals surface area contributed by atoms with Crippen LogP contribution in [0, 0.1) is 6.92 Å². The maximum absolute atomic E-state index is 13.8. The number of oxime groups is 1. The van der Waals surface area contributed by atoms with Gasteiger partial charge in [-0.1, -0.05) is 41.6 Å². The molecule has 0 amide bonds. The number of ether oxygens (including phenoxy) is 1. The zero-order valence-electron chi connectivity index (χ0n) is 24.5. The van der Waals surface area contributed by atoms with Gasteiger partial charge in [0, 0.05) is 69.0 Å². The lowest BCUT2D eigenvalue weighted by atomic mass is 9.97. The van der Waals surface area contributed by atoms with Crippen molar-refractivity contribution >= 4 is 56.8 Å². The second-order valence-corrected chi connectivity index (χ2v) is 11.2. The number of para-hydroxylation sites is 1. The average Bonchev–Trinajstić information content (AvgIpc) is 3.34. The summed E-state index contributed by atoms with van der Waals surface area (Å²) < 4.78 is 7.59. The Morgan fingerprint density at radius 2 is 1.51 bits per heavy atom. The zero-order valence-corrected chi connectivity index (χ0v) is 25.4. The first-order valence-corrected chi connectivity index (χ1v) is 15.0. The number of thioether (sulfide) groups is 1. The smallest absolute Gasteiger partial charge is 0.331 e. The minimum atomic E-state index is -0.602. The highest BCUT2D eigenvalue weighted by Gasteiger charge is 2.20. The van der Waals surface area contributed by atoms with E-state index in [1.165, 1.54) is 18.7 Å². The summed E-state index contributed by atoms with van der Waals surface area (Å²) in [5.41, 5.74) is 4.66. The fraction of sp³-hybridized carbons (Fsp3) is 0.200. The molecule has 4 aromatic carbocycles. The van der Waals surface area contributed by atoms with Crippen molar-refractivity contribution in [1.82, 2.24) is 4.57 Å². The highest BCUT2D eigenvalue weighted by molar-refractivity contribution is 7.99. The van der Waals surface area contributed by atoms with E-state index in [2.05, 4.69) is 16.6 Å². The molecule has 0 aliphatic rings. The van der Waals surface area contributed by atoms with Crippen molar-refractivity contribution in [2.24, 2.45) is 5.16 Å². The van der Waals surface area contributed by atoms with Gasteiger partial charge in [0.05, 0.1) is 7.11 Å². The van der Waals surface area contributed by atoms with Crippen molar-refractivity contribution in [1.29, 1.82) is 0 Å². The van der Waals surface area contributed by atoms with E-state index in [4.69, 9.17) is 9.57 Å². The molecular formula is C35H32N2O5S. The number of benzene rings is 4. The summed E-state index contributed by atoms with van der Waals surface area (Å²) in [5.74, 6) is 0.292. The van der Waals surface area contributed by atoms with Crippen LogP contribution in [0.3, 0.4) is 0 Å². The maximum atomic E-state index is 13.8. The lowest BCUT2D eigenvalue weighted by Gasteiger charge is -2.09. The summed E-state index contributed by atoms with van der Waals surface area (Å²) in [5, 5.41) is 5.68. The van der Waals surface area contributed by atoms with Gasteiger partial charge in [0.15, 0.2) is 5.78 Å². The van der Waals surface area contributed by atoms with Gasteiger partial charge < -0.3 is 14.1 Å². The highest BCUT2D eigenvalue weighted by atomic mass is 32.2. The molecule has 8 heteroatoms. The topological polar surface area (TPSA) is 87.0 Å². The Hall–Kier alpha value is -4.69. The van der Waals surface area contributed by atoms with Crippen LogP contribution in [0.5, 0.6) is 5.75 Å². The summed E-state index contributed by atoms with van der Waals surface area (Å²) >= 11 is 1.53. The molecule has 0 aliphatic heterocycles. The molecule has 0 N–H and O–H groups in total. The van der Waals surface area contributed by atoms with Crippen molar-refractivity contribution in [3.63, 3.8) is 0 Å². The van der Waals surface area contributed by atoms with Crippen molar-refractivity contribution in [2.45, 2.75) is 38.6 Å². The van der Waals surface area contributed by atoms with Crippen LogP contribution >= 0.6 is 11.8 Å². The van der Waals surface area contributed by atoms with Crippen LogP contribution in [0.4, 0.5) is 0 Å². The van der Waals surface area contributed by atoms with Gasteiger partial charge >= 0.3 is 5.97 Å². The Bertz CT molecular complexity index is 1890. The van der Waals surface area contributed by atoms with E-state index in [1.807, 2.05) is 85.8 Å². The highest BCUT2D eigenvalue weighted by Crippen LogP contribution is 2.32. The molecule has 0 saturated heterocycles. The van der Waals surface area contributed by atoms with Crippen LogP contribution in [0.15, 0.2) is 95.0 Å². The van der Waals surface area contributed by atoms with Crippen LogP contribution < -0.4 is 4.74 Å². The van der Waals surface area contributed by atoms with Gasteiger partial charge in [-0.3, -0.25) is 9.59 Å². The lowest BCUT2D eigenvalue weighted by molar-refractivity contribution is -0.140. The molecule has 0 fully saturated rings. The Kier molecular flexibility index (Phi) is 9.07. The molecule has 0 spiro atoms.